The van der Waals surface area contributed by atoms with E-state index in [1.807, 2.05) is 42.5 Å². The summed E-state index contributed by atoms with van der Waals surface area (Å²) in [6.07, 6.45) is -0.968. The van der Waals surface area contributed by atoms with Gasteiger partial charge >= 0.3 is 5.97 Å². The van der Waals surface area contributed by atoms with Gasteiger partial charge in [-0.15, -0.1) is 0 Å². The number of ether oxygens (including phenoxy) is 1. The minimum Gasteiger partial charge on any atom is -0.449 e. The maximum atomic E-state index is 12.5. The summed E-state index contributed by atoms with van der Waals surface area (Å²) in [5.41, 5.74) is 1.49. The lowest BCUT2D eigenvalue weighted by molar-refractivity contribution is -0.123. The molecule has 3 aromatic rings. The lowest BCUT2D eigenvalue weighted by atomic mass is 10.1. The number of fused-ring (bicyclic) bond motifs is 1. The molecule has 1 amide bonds. The largest absolute Gasteiger partial charge is 0.449 e. The number of esters is 1. The van der Waals surface area contributed by atoms with Gasteiger partial charge in [0.1, 0.15) is 0 Å². The number of rotatable bonds is 7. The zero-order chi connectivity index (χ0) is 19.9. The second-order valence-electron chi connectivity index (χ2n) is 6.29. The fraction of sp³-hybridized carbons (Fsp3) is 0.182. The van der Waals surface area contributed by atoms with Crippen LogP contribution in [0.2, 0.25) is 0 Å². The standard InChI is InChI=1S/C22H22N2O4/c1-15(28-22(27)19-8-4-5-9-20(19)23-12-13-25)21(26)24-18-11-10-16-6-2-3-7-17(16)14-18/h2-11,14-15,23,25H,12-13H2,1H3,(H,24,26)/t15-/m0/s1. The van der Waals surface area contributed by atoms with E-state index in [0.717, 1.165) is 10.8 Å². The van der Waals surface area contributed by atoms with Crippen LogP contribution in [0.1, 0.15) is 17.3 Å². The molecule has 3 N–H and O–H groups in total. The van der Waals surface area contributed by atoms with Gasteiger partial charge in [-0.3, -0.25) is 4.79 Å². The number of aliphatic hydroxyl groups is 1. The summed E-state index contributed by atoms with van der Waals surface area (Å²) in [4.78, 5) is 24.9. The number of para-hydroxylation sites is 1. The Hall–Kier alpha value is -3.38. The van der Waals surface area contributed by atoms with Gasteiger partial charge in [-0.1, -0.05) is 42.5 Å². The van der Waals surface area contributed by atoms with Gasteiger partial charge in [0, 0.05) is 17.9 Å². The highest BCUT2D eigenvalue weighted by Crippen LogP contribution is 2.20. The van der Waals surface area contributed by atoms with E-state index in [1.54, 1.807) is 24.3 Å². The fourth-order valence-corrected chi connectivity index (χ4v) is 2.79. The van der Waals surface area contributed by atoms with Crippen molar-refractivity contribution in [3.8, 4) is 0 Å². The monoisotopic (exact) mass is 378 g/mol. The molecule has 3 rings (SSSR count). The Kier molecular flexibility index (Phi) is 6.24. The van der Waals surface area contributed by atoms with Crippen LogP contribution in [0.4, 0.5) is 11.4 Å². The number of hydrogen-bond acceptors (Lipinski definition) is 5. The molecule has 0 saturated carbocycles. The summed E-state index contributed by atoms with van der Waals surface area (Å²) in [6, 6.07) is 20.2. The molecule has 0 aliphatic carbocycles. The van der Waals surface area contributed by atoms with E-state index in [0.29, 0.717) is 23.5 Å². The van der Waals surface area contributed by atoms with E-state index in [1.165, 1.54) is 6.92 Å². The smallest absolute Gasteiger partial charge is 0.341 e. The van der Waals surface area contributed by atoms with Crippen LogP contribution in [0.25, 0.3) is 10.8 Å². The summed E-state index contributed by atoms with van der Waals surface area (Å²) >= 11 is 0. The first-order valence-electron chi connectivity index (χ1n) is 9.03. The van der Waals surface area contributed by atoms with E-state index in [9.17, 15) is 9.59 Å². The Morgan fingerprint density at radius 1 is 1.00 bits per heavy atom. The number of amides is 1. The van der Waals surface area contributed by atoms with E-state index < -0.39 is 18.0 Å². The molecule has 0 saturated heterocycles. The van der Waals surface area contributed by atoms with Crippen molar-refractivity contribution >= 4 is 34.0 Å². The number of benzene rings is 3. The molecule has 3 aromatic carbocycles. The number of anilines is 2. The van der Waals surface area contributed by atoms with Gasteiger partial charge in [-0.25, -0.2) is 4.79 Å². The maximum Gasteiger partial charge on any atom is 0.341 e. The average molecular weight is 378 g/mol. The first kappa shape index (κ1) is 19.4. The minimum atomic E-state index is -0.968. The normalized spacial score (nSPS) is 11.6. The molecule has 0 heterocycles. The molecular formula is C22H22N2O4. The third-order valence-corrected chi connectivity index (χ3v) is 4.24. The second kappa shape index (κ2) is 9.01. The SMILES string of the molecule is C[C@H](OC(=O)c1ccccc1NCCO)C(=O)Nc1ccc2ccccc2c1. The van der Waals surface area contributed by atoms with Crippen LogP contribution in [0.3, 0.4) is 0 Å². The van der Waals surface area contributed by atoms with Crippen molar-refractivity contribution in [2.45, 2.75) is 13.0 Å². The average Bonchev–Trinajstić information content (AvgIpc) is 2.72. The van der Waals surface area contributed by atoms with Gasteiger partial charge in [-0.05, 0) is 42.0 Å². The van der Waals surface area contributed by atoms with Crippen molar-refractivity contribution in [1.29, 1.82) is 0 Å². The van der Waals surface area contributed by atoms with E-state index >= 15 is 0 Å². The molecule has 0 aliphatic heterocycles. The first-order chi connectivity index (χ1) is 13.6. The van der Waals surface area contributed by atoms with Crippen LogP contribution in [0.5, 0.6) is 0 Å². The Labute approximate surface area is 163 Å². The fourth-order valence-electron chi connectivity index (χ4n) is 2.79. The Morgan fingerprint density at radius 3 is 2.50 bits per heavy atom. The summed E-state index contributed by atoms with van der Waals surface area (Å²) in [5, 5.41) is 16.8. The predicted molar refractivity (Wildman–Crippen MR) is 109 cm³/mol. The highest BCUT2D eigenvalue weighted by Gasteiger charge is 2.21. The van der Waals surface area contributed by atoms with Crippen LogP contribution in [-0.2, 0) is 9.53 Å². The van der Waals surface area contributed by atoms with Gasteiger partial charge in [0.15, 0.2) is 6.10 Å². The van der Waals surface area contributed by atoms with Crippen LogP contribution in [0.15, 0.2) is 66.7 Å². The van der Waals surface area contributed by atoms with E-state index in [4.69, 9.17) is 9.84 Å². The molecule has 6 nitrogen and oxygen atoms in total. The molecular weight excluding hydrogens is 356 g/mol. The second-order valence-corrected chi connectivity index (χ2v) is 6.29. The number of carbonyl (C=O) groups is 2. The molecule has 0 aliphatic rings. The van der Waals surface area contributed by atoms with E-state index in [-0.39, 0.29) is 6.61 Å². The van der Waals surface area contributed by atoms with Crippen molar-refractivity contribution < 1.29 is 19.4 Å². The molecule has 0 unspecified atom stereocenters. The molecule has 0 radical (unpaired) electrons. The molecule has 0 bridgehead atoms. The third kappa shape index (κ3) is 4.66. The first-order valence-corrected chi connectivity index (χ1v) is 9.03. The van der Waals surface area contributed by atoms with Gasteiger partial charge in [0.25, 0.3) is 5.91 Å². The molecule has 1 atom stereocenters. The Bertz CT molecular complexity index is 987. The predicted octanol–water partition coefficient (Wildman–Crippen LogP) is 3.43. The van der Waals surface area contributed by atoms with Crippen molar-refractivity contribution in [3.05, 3.63) is 72.3 Å². The van der Waals surface area contributed by atoms with Crippen LogP contribution >= 0.6 is 0 Å². The molecule has 144 valence electrons. The van der Waals surface area contributed by atoms with Gasteiger partial charge in [-0.2, -0.15) is 0 Å². The zero-order valence-corrected chi connectivity index (χ0v) is 15.5. The number of hydrogen-bond donors (Lipinski definition) is 3. The molecule has 0 spiro atoms. The summed E-state index contributed by atoms with van der Waals surface area (Å²) in [7, 11) is 0. The molecule has 0 fully saturated rings. The highest BCUT2D eigenvalue weighted by atomic mass is 16.5. The topological polar surface area (TPSA) is 87.7 Å². The van der Waals surface area contributed by atoms with Crippen molar-refractivity contribution in [3.63, 3.8) is 0 Å². The van der Waals surface area contributed by atoms with Crippen molar-refractivity contribution in [2.75, 3.05) is 23.8 Å². The zero-order valence-electron chi connectivity index (χ0n) is 15.5. The summed E-state index contributed by atoms with van der Waals surface area (Å²) < 4.78 is 5.33. The number of carbonyl (C=O) groups excluding carboxylic acids is 2. The van der Waals surface area contributed by atoms with Crippen LogP contribution in [0, 0.1) is 0 Å². The highest BCUT2D eigenvalue weighted by molar-refractivity contribution is 6.00. The quantitative estimate of drug-likeness (QED) is 0.548. The third-order valence-electron chi connectivity index (χ3n) is 4.24. The van der Waals surface area contributed by atoms with Crippen molar-refractivity contribution in [2.24, 2.45) is 0 Å². The lowest BCUT2D eigenvalue weighted by Crippen LogP contribution is -2.30. The van der Waals surface area contributed by atoms with Crippen LogP contribution < -0.4 is 10.6 Å². The van der Waals surface area contributed by atoms with Gasteiger partial charge in [0.05, 0.1) is 12.2 Å². The summed E-state index contributed by atoms with van der Waals surface area (Å²) in [6.45, 7) is 1.77. The molecule has 6 heteroatoms. The van der Waals surface area contributed by atoms with Gasteiger partial charge < -0.3 is 20.5 Å². The van der Waals surface area contributed by atoms with Crippen molar-refractivity contribution in [1.82, 2.24) is 0 Å². The summed E-state index contributed by atoms with van der Waals surface area (Å²) in [5.74, 6) is -1.02. The minimum absolute atomic E-state index is 0.0616. The number of aliphatic hydroxyl groups excluding tert-OH is 1. The number of nitrogens with one attached hydrogen (secondary N) is 2. The Morgan fingerprint density at radius 2 is 1.71 bits per heavy atom. The van der Waals surface area contributed by atoms with Crippen LogP contribution in [-0.4, -0.2) is 36.2 Å². The van der Waals surface area contributed by atoms with E-state index in [2.05, 4.69) is 10.6 Å². The Balaban J connectivity index is 1.65. The molecule has 28 heavy (non-hydrogen) atoms. The maximum absolute atomic E-state index is 12.5. The lowest BCUT2D eigenvalue weighted by Gasteiger charge is -2.16. The molecule has 0 aromatic heterocycles. The van der Waals surface area contributed by atoms with Gasteiger partial charge in [0.2, 0.25) is 0 Å².